The SMILES string of the molecule is CCCCOc1ccc(C(=O)c2cccc(OC(C)=O)c2)cc1. The Morgan fingerprint density at radius 3 is 2.35 bits per heavy atom. The molecule has 0 aliphatic carbocycles. The first-order chi connectivity index (χ1) is 11.1. The van der Waals surface area contributed by atoms with Gasteiger partial charge in [0.25, 0.3) is 0 Å². The molecule has 120 valence electrons. The van der Waals surface area contributed by atoms with Crippen molar-refractivity contribution >= 4 is 11.8 Å². The molecule has 0 saturated heterocycles. The first-order valence-electron chi connectivity index (χ1n) is 7.66. The van der Waals surface area contributed by atoms with Gasteiger partial charge in [-0.25, -0.2) is 0 Å². The van der Waals surface area contributed by atoms with E-state index in [0.29, 0.717) is 23.5 Å². The predicted molar refractivity (Wildman–Crippen MR) is 88.0 cm³/mol. The summed E-state index contributed by atoms with van der Waals surface area (Å²) < 4.78 is 10.6. The maximum Gasteiger partial charge on any atom is 0.308 e. The molecule has 0 unspecified atom stereocenters. The van der Waals surface area contributed by atoms with Crippen LogP contribution in [0.3, 0.4) is 0 Å². The molecular formula is C19H20O4. The highest BCUT2D eigenvalue weighted by Gasteiger charge is 2.10. The molecule has 0 N–H and O–H groups in total. The van der Waals surface area contributed by atoms with Crippen molar-refractivity contribution in [2.75, 3.05) is 6.61 Å². The van der Waals surface area contributed by atoms with Crippen LogP contribution in [-0.2, 0) is 4.79 Å². The van der Waals surface area contributed by atoms with Crippen LogP contribution >= 0.6 is 0 Å². The number of hydrogen-bond acceptors (Lipinski definition) is 4. The molecule has 2 rings (SSSR count). The minimum absolute atomic E-state index is 0.126. The van der Waals surface area contributed by atoms with Crippen LogP contribution in [0.25, 0.3) is 0 Å². The van der Waals surface area contributed by atoms with E-state index >= 15 is 0 Å². The third-order valence-corrected chi connectivity index (χ3v) is 3.24. The summed E-state index contributed by atoms with van der Waals surface area (Å²) in [5, 5.41) is 0. The second-order valence-electron chi connectivity index (χ2n) is 5.18. The summed E-state index contributed by atoms with van der Waals surface area (Å²) in [7, 11) is 0. The van der Waals surface area contributed by atoms with E-state index in [-0.39, 0.29) is 5.78 Å². The zero-order chi connectivity index (χ0) is 16.7. The Morgan fingerprint density at radius 1 is 0.957 bits per heavy atom. The maximum atomic E-state index is 12.5. The van der Waals surface area contributed by atoms with Gasteiger partial charge < -0.3 is 9.47 Å². The van der Waals surface area contributed by atoms with Gasteiger partial charge in [-0.3, -0.25) is 9.59 Å². The highest BCUT2D eigenvalue weighted by atomic mass is 16.5. The van der Waals surface area contributed by atoms with Crippen molar-refractivity contribution in [3.05, 3.63) is 59.7 Å². The van der Waals surface area contributed by atoms with Crippen LogP contribution in [0.4, 0.5) is 0 Å². The molecule has 0 spiro atoms. The fraction of sp³-hybridized carbons (Fsp3) is 0.263. The van der Waals surface area contributed by atoms with Gasteiger partial charge in [0.05, 0.1) is 6.61 Å². The standard InChI is InChI=1S/C19H20O4/c1-3-4-12-22-17-10-8-15(9-11-17)19(21)16-6-5-7-18(13-16)23-14(2)20/h5-11,13H,3-4,12H2,1-2H3. The van der Waals surface area contributed by atoms with Crippen LogP contribution in [0.2, 0.25) is 0 Å². The summed E-state index contributed by atoms with van der Waals surface area (Å²) in [5.41, 5.74) is 1.04. The number of benzene rings is 2. The number of esters is 1. The maximum absolute atomic E-state index is 12.5. The lowest BCUT2D eigenvalue weighted by Crippen LogP contribution is -2.05. The number of hydrogen-bond donors (Lipinski definition) is 0. The smallest absolute Gasteiger partial charge is 0.308 e. The second kappa shape index (κ2) is 8.13. The fourth-order valence-corrected chi connectivity index (χ4v) is 2.07. The first-order valence-corrected chi connectivity index (χ1v) is 7.66. The molecule has 23 heavy (non-hydrogen) atoms. The molecule has 2 aromatic rings. The molecule has 0 atom stereocenters. The Balaban J connectivity index is 2.09. The Hall–Kier alpha value is -2.62. The van der Waals surface area contributed by atoms with Gasteiger partial charge >= 0.3 is 5.97 Å². The highest BCUT2D eigenvalue weighted by Crippen LogP contribution is 2.19. The Kier molecular flexibility index (Phi) is 5.92. The van der Waals surface area contributed by atoms with Gasteiger partial charge in [-0.15, -0.1) is 0 Å². The van der Waals surface area contributed by atoms with Crippen molar-refractivity contribution in [2.24, 2.45) is 0 Å². The average Bonchev–Trinajstić information content (AvgIpc) is 2.55. The van der Waals surface area contributed by atoms with E-state index in [2.05, 4.69) is 6.92 Å². The molecule has 0 fully saturated rings. The largest absolute Gasteiger partial charge is 0.494 e. The quantitative estimate of drug-likeness (QED) is 0.335. The Bertz CT molecular complexity index is 674. The molecule has 2 aromatic carbocycles. The molecule has 0 heterocycles. The lowest BCUT2D eigenvalue weighted by molar-refractivity contribution is -0.131. The minimum atomic E-state index is -0.414. The second-order valence-corrected chi connectivity index (χ2v) is 5.18. The fourth-order valence-electron chi connectivity index (χ4n) is 2.07. The molecular weight excluding hydrogens is 292 g/mol. The normalized spacial score (nSPS) is 10.2. The number of ether oxygens (including phenoxy) is 2. The lowest BCUT2D eigenvalue weighted by atomic mass is 10.0. The number of carbonyl (C=O) groups excluding carboxylic acids is 2. The Labute approximate surface area is 136 Å². The average molecular weight is 312 g/mol. The van der Waals surface area contributed by atoms with E-state index in [1.54, 1.807) is 48.5 Å². The summed E-state index contributed by atoms with van der Waals surface area (Å²) >= 11 is 0. The van der Waals surface area contributed by atoms with E-state index in [9.17, 15) is 9.59 Å². The van der Waals surface area contributed by atoms with Crippen molar-refractivity contribution in [3.63, 3.8) is 0 Å². The highest BCUT2D eigenvalue weighted by molar-refractivity contribution is 6.09. The van der Waals surface area contributed by atoms with Crippen molar-refractivity contribution in [1.82, 2.24) is 0 Å². The topological polar surface area (TPSA) is 52.6 Å². The number of rotatable bonds is 7. The van der Waals surface area contributed by atoms with Crippen LogP contribution in [0.1, 0.15) is 42.6 Å². The zero-order valence-corrected chi connectivity index (χ0v) is 13.4. The molecule has 4 heteroatoms. The monoisotopic (exact) mass is 312 g/mol. The van der Waals surface area contributed by atoms with Crippen molar-refractivity contribution in [2.45, 2.75) is 26.7 Å². The minimum Gasteiger partial charge on any atom is -0.494 e. The molecule has 0 saturated carbocycles. The Morgan fingerprint density at radius 2 is 1.70 bits per heavy atom. The van der Waals surface area contributed by atoms with Gasteiger partial charge in [0.1, 0.15) is 11.5 Å². The van der Waals surface area contributed by atoms with Crippen LogP contribution in [0, 0.1) is 0 Å². The summed E-state index contributed by atoms with van der Waals surface area (Å²) in [4.78, 5) is 23.5. The van der Waals surface area contributed by atoms with Crippen molar-refractivity contribution < 1.29 is 19.1 Å². The summed E-state index contributed by atoms with van der Waals surface area (Å²) in [5.74, 6) is 0.578. The van der Waals surface area contributed by atoms with Gasteiger partial charge in [-0.05, 0) is 42.8 Å². The third kappa shape index (κ3) is 4.95. The molecule has 4 nitrogen and oxygen atoms in total. The summed E-state index contributed by atoms with van der Waals surface area (Å²) in [6, 6.07) is 13.6. The van der Waals surface area contributed by atoms with Crippen LogP contribution < -0.4 is 9.47 Å². The van der Waals surface area contributed by atoms with Crippen LogP contribution in [0.5, 0.6) is 11.5 Å². The van der Waals surface area contributed by atoms with Crippen molar-refractivity contribution in [1.29, 1.82) is 0 Å². The predicted octanol–water partition coefficient (Wildman–Crippen LogP) is 4.02. The van der Waals surface area contributed by atoms with E-state index in [0.717, 1.165) is 18.6 Å². The number of unbranched alkanes of at least 4 members (excludes halogenated alkanes) is 1. The van der Waals surface area contributed by atoms with E-state index in [4.69, 9.17) is 9.47 Å². The van der Waals surface area contributed by atoms with Gasteiger partial charge in [-0.1, -0.05) is 25.5 Å². The van der Waals surface area contributed by atoms with Crippen molar-refractivity contribution in [3.8, 4) is 11.5 Å². The lowest BCUT2D eigenvalue weighted by Gasteiger charge is -2.07. The number of ketones is 1. The van der Waals surface area contributed by atoms with Gasteiger partial charge in [0.15, 0.2) is 5.78 Å². The van der Waals surface area contributed by atoms with Crippen LogP contribution in [0.15, 0.2) is 48.5 Å². The molecule has 0 aromatic heterocycles. The third-order valence-electron chi connectivity index (χ3n) is 3.24. The van der Waals surface area contributed by atoms with E-state index in [1.807, 2.05) is 0 Å². The molecule has 0 amide bonds. The van der Waals surface area contributed by atoms with Gasteiger partial charge in [0.2, 0.25) is 0 Å². The van der Waals surface area contributed by atoms with E-state index < -0.39 is 5.97 Å². The molecule has 0 aliphatic rings. The molecule has 0 bridgehead atoms. The van der Waals surface area contributed by atoms with Gasteiger partial charge in [-0.2, -0.15) is 0 Å². The number of carbonyl (C=O) groups is 2. The molecule has 0 radical (unpaired) electrons. The summed E-state index contributed by atoms with van der Waals surface area (Å²) in [6.07, 6.45) is 2.08. The zero-order valence-electron chi connectivity index (χ0n) is 13.4. The van der Waals surface area contributed by atoms with Crippen LogP contribution in [-0.4, -0.2) is 18.4 Å². The van der Waals surface area contributed by atoms with Gasteiger partial charge in [0, 0.05) is 18.1 Å². The van der Waals surface area contributed by atoms with E-state index in [1.165, 1.54) is 6.92 Å². The summed E-state index contributed by atoms with van der Waals surface area (Å²) in [6.45, 7) is 4.11. The molecule has 0 aliphatic heterocycles. The first kappa shape index (κ1) is 16.7.